The molecule has 114 valence electrons. The minimum atomic E-state index is 0.0878. The predicted molar refractivity (Wildman–Crippen MR) is 85.2 cm³/mol. The van der Waals surface area contributed by atoms with Crippen LogP contribution < -0.4 is 11.1 Å². The highest BCUT2D eigenvalue weighted by atomic mass is 16.1. The Morgan fingerprint density at radius 3 is 2.48 bits per heavy atom. The van der Waals surface area contributed by atoms with E-state index in [4.69, 9.17) is 5.73 Å². The van der Waals surface area contributed by atoms with Crippen LogP contribution in [0, 0.1) is 25.7 Å². The van der Waals surface area contributed by atoms with Crippen molar-refractivity contribution in [3.05, 3.63) is 34.9 Å². The summed E-state index contributed by atoms with van der Waals surface area (Å²) >= 11 is 0. The van der Waals surface area contributed by atoms with E-state index in [1.807, 2.05) is 19.1 Å². The van der Waals surface area contributed by atoms with Crippen molar-refractivity contribution in [3.8, 4) is 0 Å². The lowest BCUT2D eigenvalue weighted by atomic mass is 9.67. The summed E-state index contributed by atoms with van der Waals surface area (Å²) in [6.45, 7) is 4.07. The zero-order chi connectivity index (χ0) is 15.0. The smallest absolute Gasteiger partial charge is 0.251 e. The number of aryl methyl sites for hydroxylation is 2. The molecule has 1 aromatic carbocycles. The Morgan fingerprint density at radius 2 is 1.86 bits per heavy atom. The quantitative estimate of drug-likeness (QED) is 0.878. The molecule has 0 radical (unpaired) electrons. The maximum absolute atomic E-state index is 12.6. The van der Waals surface area contributed by atoms with E-state index in [9.17, 15) is 4.79 Å². The van der Waals surface area contributed by atoms with Crippen molar-refractivity contribution in [3.63, 3.8) is 0 Å². The van der Waals surface area contributed by atoms with Gasteiger partial charge in [0.25, 0.3) is 5.91 Å². The van der Waals surface area contributed by atoms with Gasteiger partial charge in [-0.2, -0.15) is 0 Å². The van der Waals surface area contributed by atoms with Crippen LogP contribution in [0.2, 0.25) is 0 Å². The van der Waals surface area contributed by atoms with Crippen molar-refractivity contribution >= 4 is 5.91 Å². The minimum Gasteiger partial charge on any atom is -0.349 e. The molecule has 0 aliphatic heterocycles. The van der Waals surface area contributed by atoms with E-state index in [2.05, 4.69) is 18.3 Å². The van der Waals surface area contributed by atoms with Gasteiger partial charge >= 0.3 is 0 Å². The molecule has 0 heterocycles. The third kappa shape index (κ3) is 2.98. The zero-order valence-corrected chi connectivity index (χ0v) is 13.1. The average molecular weight is 286 g/mol. The monoisotopic (exact) mass is 286 g/mol. The first kappa shape index (κ1) is 14.6. The average Bonchev–Trinajstić information content (AvgIpc) is 2.39. The van der Waals surface area contributed by atoms with E-state index in [0.29, 0.717) is 23.9 Å². The molecule has 2 aliphatic carbocycles. The van der Waals surface area contributed by atoms with Crippen LogP contribution in [0.4, 0.5) is 0 Å². The van der Waals surface area contributed by atoms with Crippen LogP contribution >= 0.6 is 0 Å². The first-order valence-corrected chi connectivity index (χ1v) is 8.18. The summed E-state index contributed by atoms with van der Waals surface area (Å²) in [5.41, 5.74) is 9.23. The summed E-state index contributed by atoms with van der Waals surface area (Å²) in [5.74, 6) is 1.23. The first-order chi connectivity index (χ1) is 10.0. The third-order valence-electron chi connectivity index (χ3n) is 5.30. The molecule has 0 saturated heterocycles. The van der Waals surface area contributed by atoms with Gasteiger partial charge in [-0.3, -0.25) is 4.79 Å². The zero-order valence-electron chi connectivity index (χ0n) is 13.1. The van der Waals surface area contributed by atoms with Crippen LogP contribution in [-0.2, 0) is 0 Å². The fraction of sp³-hybridized carbons (Fsp3) is 0.611. The molecular weight excluding hydrogens is 260 g/mol. The molecule has 2 fully saturated rings. The number of hydrogen-bond donors (Lipinski definition) is 2. The van der Waals surface area contributed by atoms with Crippen molar-refractivity contribution in [1.29, 1.82) is 0 Å². The Labute approximate surface area is 127 Å². The molecule has 0 spiro atoms. The second kappa shape index (κ2) is 5.80. The SMILES string of the molecule is Cc1ccc(C(=O)NC2C3CCCC2CC(N)C3)c(C)c1. The Kier molecular flexibility index (Phi) is 4.03. The molecule has 2 bridgehead atoms. The van der Waals surface area contributed by atoms with Gasteiger partial charge in [0, 0.05) is 17.6 Å². The van der Waals surface area contributed by atoms with Gasteiger partial charge in [-0.1, -0.05) is 24.1 Å². The van der Waals surface area contributed by atoms with Gasteiger partial charge in [0.15, 0.2) is 0 Å². The van der Waals surface area contributed by atoms with Gasteiger partial charge in [0.2, 0.25) is 0 Å². The Morgan fingerprint density at radius 1 is 1.19 bits per heavy atom. The Balaban J connectivity index is 1.75. The molecule has 1 aromatic rings. The topological polar surface area (TPSA) is 55.1 Å². The summed E-state index contributed by atoms with van der Waals surface area (Å²) in [6, 6.07) is 6.69. The third-order valence-corrected chi connectivity index (χ3v) is 5.30. The van der Waals surface area contributed by atoms with Crippen LogP contribution in [0.15, 0.2) is 18.2 Å². The molecule has 2 saturated carbocycles. The van der Waals surface area contributed by atoms with Crippen LogP contribution in [0.5, 0.6) is 0 Å². The summed E-state index contributed by atoms with van der Waals surface area (Å²) in [5, 5.41) is 3.32. The number of nitrogens with two attached hydrogens (primary N) is 1. The van der Waals surface area contributed by atoms with E-state index < -0.39 is 0 Å². The largest absolute Gasteiger partial charge is 0.349 e. The molecule has 2 unspecified atom stereocenters. The van der Waals surface area contributed by atoms with Crippen LogP contribution in [0.1, 0.15) is 53.6 Å². The first-order valence-electron chi connectivity index (χ1n) is 8.18. The van der Waals surface area contributed by atoms with Crippen molar-refractivity contribution in [2.45, 2.75) is 58.0 Å². The summed E-state index contributed by atoms with van der Waals surface area (Å²) in [4.78, 5) is 12.6. The lowest BCUT2D eigenvalue weighted by Gasteiger charge is -2.45. The Bertz CT molecular complexity index is 526. The maximum Gasteiger partial charge on any atom is 0.251 e. The highest BCUT2D eigenvalue weighted by Gasteiger charge is 2.40. The standard InChI is InChI=1S/C18H26N2O/c1-11-6-7-16(12(2)8-11)18(21)20-17-13-4-3-5-14(17)10-15(19)9-13/h6-8,13-15,17H,3-5,9-10,19H2,1-2H3,(H,20,21). The second-order valence-corrected chi connectivity index (χ2v) is 7.00. The molecule has 3 nitrogen and oxygen atoms in total. The van der Waals surface area contributed by atoms with Crippen molar-refractivity contribution in [2.24, 2.45) is 17.6 Å². The van der Waals surface area contributed by atoms with Crippen molar-refractivity contribution < 1.29 is 4.79 Å². The fourth-order valence-electron chi connectivity index (χ4n) is 4.32. The molecular formula is C18H26N2O. The molecule has 21 heavy (non-hydrogen) atoms. The predicted octanol–water partition coefficient (Wildman–Crippen LogP) is 2.94. The number of fused-ring (bicyclic) bond motifs is 2. The van der Waals surface area contributed by atoms with E-state index in [-0.39, 0.29) is 5.91 Å². The number of nitrogens with one attached hydrogen (secondary N) is 1. The summed E-state index contributed by atoms with van der Waals surface area (Å²) in [6.07, 6.45) is 5.84. The summed E-state index contributed by atoms with van der Waals surface area (Å²) in [7, 11) is 0. The molecule has 2 aliphatic rings. The maximum atomic E-state index is 12.6. The van der Waals surface area contributed by atoms with Crippen molar-refractivity contribution in [2.75, 3.05) is 0 Å². The van der Waals surface area contributed by atoms with Gasteiger partial charge in [-0.05, 0) is 63.0 Å². The second-order valence-electron chi connectivity index (χ2n) is 7.00. The van der Waals surface area contributed by atoms with E-state index in [1.54, 1.807) is 0 Å². The van der Waals surface area contributed by atoms with Crippen LogP contribution in [0.3, 0.4) is 0 Å². The van der Waals surface area contributed by atoms with Crippen LogP contribution in [-0.4, -0.2) is 18.0 Å². The highest BCUT2D eigenvalue weighted by molar-refractivity contribution is 5.95. The van der Waals surface area contributed by atoms with E-state index >= 15 is 0 Å². The van der Waals surface area contributed by atoms with Gasteiger partial charge in [-0.15, -0.1) is 0 Å². The molecule has 0 aromatic heterocycles. The number of carbonyl (C=O) groups is 1. The highest BCUT2D eigenvalue weighted by Crippen LogP contribution is 2.39. The molecule has 3 rings (SSSR count). The van der Waals surface area contributed by atoms with Crippen LogP contribution in [0.25, 0.3) is 0 Å². The van der Waals surface area contributed by atoms with Gasteiger partial charge in [-0.25, -0.2) is 0 Å². The number of benzene rings is 1. The molecule has 3 N–H and O–H groups in total. The van der Waals surface area contributed by atoms with Gasteiger partial charge in [0.1, 0.15) is 0 Å². The molecule has 2 atom stereocenters. The lowest BCUT2D eigenvalue weighted by Crippen LogP contribution is -2.53. The molecule has 3 heteroatoms. The molecule has 1 amide bonds. The van der Waals surface area contributed by atoms with E-state index in [0.717, 1.165) is 24.0 Å². The number of hydrogen-bond acceptors (Lipinski definition) is 2. The lowest BCUT2D eigenvalue weighted by molar-refractivity contribution is 0.0755. The fourth-order valence-corrected chi connectivity index (χ4v) is 4.32. The van der Waals surface area contributed by atoms with Gasteiger partial charge < -0.3 is 11.1 Å². The number of carbonyl (C=O) groups excluding carboxylic acids is 1. The minimum absolute atomic E-state index is 0.0878. The normalized spacial score (nSPS) is 31.8. The van der Waals surface area contributed by atoms with Crippen molar-refractivity contribution in [1.82, 2.24) is 5.32 Å². The number of amides is 1. The van der Waals surface area contributed by atoms with Gasteiger partial charge in [0.05, 0.1) is 0 Å². The Hall–Kier alpha value is -1.35. The summed E-state index contributed by atoms with van der Waals surface area (Å²) < 4.78 is 0. The van der Waals surface area contributed by atoms with E-state index in [1.165, 1.54) is 24.8 Å². The number of rotatable bonds is 2.